The molecule has 0 spiro atoms. The zero-order chi connectivity index (χ0) is 16.2. The molecular weight excluding hydrogens is 367 g/mol. The summed E-state index contributed by atoms with van der Waals surface area (Å²) >= 11 is 3.17. The highest BCUT2D eigenvalue weighted by Gasteiger charge is 2.11. The van der Waals surface area contributed by atoms with Crippen LogP contribution in [0.4, 0.5) is 4.39 Å². The van der Waals surface area contributed by atoms with Crippen molar-refractivity contribution in [3.8, 4) is 5.69 Å². The van der Waals surface area contributed by atoms with E-state index in [1.807, 2.05) is 0 Å². The van der Waals surface area contributed by atoms with E-state index in [-0.39, 0.29) is 6.61 Å². The van der Waals surface area contributed by atoms with Gasteiger partial charge in [0.2, 0.25) is 0 Å². The molecule has 0 amide bonds. The van der Waals surface area contributed by atoms with Crippen molar-refractivity contribution in [3.63, 3.8) is 0 Å². The molecule has 8 heteroatoms. The number of nitrogens with zero attached hydrogens (tertiary/aromatic N) is 4. The van der Waals surface area contributed by atoms with Gasteiger partial charge >= 0.3 is 5.97 Å². The molecule has 0 fully saturated rings. The van der Waals surface area contributed by atoms with Crippen LogP contribution in [0.1, 0.15) is 15.9 Å². The second kappa shape index (κ2) is 6.66. The molecule has 0 atom stereocenters. The molecule has 3 aromatic rings. The number of carbonyl (C=O) groups excluding carboxylic acids is 1. The molecule has 0 aliphatic rings. The number of tetrazole rings is 1. The zero-order valence-corrected chi connectivity index (χ0v) is 13.3. The van der Waals surface area contributed by atoms with Crippen molar-refractivity contribution in [1.82, 2.24) is 20.2 Å². The highest BCUT2D eigenvalue weighted by Crippen LogP contribution is 2.17. The summed E-state index contributed by atoms with van der Waals surface area (Å²) in [5, 5.41) is 10.8. The summed E-state index contributed by atoms with van der Waals surface area (Å²) in [6.07, 6.45) is 1.42. The van der Waals surface area contributed by atoms with Gasteiger partial charge < -0.3 is 4.74 Å². The second-order valence-corrected chi connectivity index (χ2v) is 5.53. The Morgan fingerprint density at radius 1 is 1.26 bits per heavy atom. The quantitative estimate of drug-likeness (QED) is 0.654. The lowest BCUT2D eigenvalue weighted by Crippen LogP contribution is -2.07. The Morgan fingerprint density at radius 3 is 2.87 bits per heavy atom. The molecule has 1 heterocycles. The lowest BCUT2D eigenvalue weighted by molar-refractivity contribution is 0.0469. The summed E-state index contributed by atoms with van der Waals surface area (Å²) in [5.41, 5.74) is 1.26. The maximum atomic E-state index is 13.7. The van der Waals surface area contributed by atoms with Crippen molar-refractivity contribution in [2.24, 2.45) is 0 Å². The zero-order valence-electron chi connectivity index (χ0n) is 11.7. The highest BCUT2D eigenvalue weighted by atomic mass is 79.9. The minimum atomic E-state index is -0.553. The van der Waals surface area contributed by atoms with E-state index >= 15 is 0 Å². The third-order valence-electron chi connectivity index (χ3n) is 3.07. The molecule has 2 aromatic carbocycles. The van der Waals surface area contributed by atoms with E-state index in [2.05, 4.69) is 31.5 Å². The summed E-state index contributed by atoms with van der Waals surface area (Å²) in [5.74, 6) is -0.989. The van der Waals surface area contributed by atoms with Crippen molar-refractivity contribution >= 4 is 21.9 Å². The van der Waals surface area contributed by atoms with Gasteiger partial charge in [0.1, 0.15) is 18.8 Å². The SMILES string of the molecule is O=C(OCc1ccc(Br)cc1F)c1cccc(-n2cnnn2)c1. The molecule has 0 aliphatic heterocycles. The fraction of sp³-hybridized carbons (Fsp3) is 0.0667. The highest BCUT2D eigenvalue weighted by molar-refractivity contribution is 9.10. The molecule has 0 saturated carbocycles. The Morgan fingerprint density at radius 2 is 2.13 bits per heavy atom. The summed E-state index contributed by atoms with van der Waals surface area (Å²) in [6, 6.07) is 11.2. The van der Waals surface area contributed by atoms with Crippen LogP contribution in [0.15, 0.2) is 53.3 Å². The average Bonchev–Trinajstić information content (AvgIpc) is 3.08. The molecule has 0 saturated heterocycles. The Kier molecular flexibility index (Phi) is 4.42. The number of ether oxygens (including phenoxy) is 1. The number of carbonyl (C=O) groups is 1. The second-order valence-electron chi connectivity index (χ2n) is 4.62. The van der Waals surface area contributed by atoms with Gasteiger partial charge in [0.25, 0.3) is 0 Å². The van der Waals surface area contributed by atoms with Crippen LogP contribution in [0.3, 0.4) is 0 Å². The molecule has 0 N–H and O–H groups in total. The lowest BCUT2D eigenvalue weighted by Gasteiger charge is -2.07. The molecule has 0 aliphatic carbocycles. The largest absolute Gasteiger partial charge is 0.457 e. The maximum absolute atomic E-state index is 13.7. The summed E-state index contributed by atoms with van der Waals surface area (Å²) in [7, 11) is 0. The molecule has 6 nitrogen and oxygen atoms in total. The van der Waals surface area contributed by atoms with E-state index < -0.39 is 11.8 Å². The molecule has 0 unspecified atom stereocenters. The topological polar surface area (TPSA) is 69.9 Å². The minimum Gasteiger partial charge on any atom is -0.457 e. The number of benzene rings is 2. The average molecular weight is 377 g/mol. The summed E-state index contributed by atoms with van der Waals surface area (Å²) in [6.45, 7) is -0.146. The third kappa shape index (κ3) is 3.59. The number of hydrogen-bond donors (Lipinski definition) is 0. The van der Waals surface area contributed by atoms with Crippen LogP contribution in [-0.2, 0) is 11.3 Å². The number of halogens is 2. The van der Waals surface area contributed by atoms with E-state index in [9.17, 15) is 9.18 Å². The molecule has 23 heavy (non-hydrogen) atoms. The Labute approximate surface area is 139 Å². The first kappa shape index (κ1) is 15.3. The van der Waals surface area contributed by atoms with Gasteiger partial charge in [-0.1, -0.05) is 28.1 Å². The summed E-state index contributed by atoms with van der Waals surface area (Å²) in [4.78, 5) is 12.1. The third-order valence-corrected chi connectivity index (χ3v) is 3.56. The Bertz CT molecular complexity index is 839. The van der Waals surface area contributed by atoms with E-state index in [1.165, 1.54) is 17.1 Å². The molecular formula is C15H10BrFN4O2. The lowest BCUT2D eigenvalue weighted by atomic mass is 10.2. The minimum absolute atomic E-state index is 0.146. The fourth-order valence-corrected chi connectivity index (χ4v) is 2.25. The van der Waals surface area contributed by atoms with Crippen LogP contribution in [-0.4, -0.2) is 26.2 Å². The van der Waals surface area contributed by atoms with Crippen LogP contribution in [0, 0.1) is 5.82 Å². The molecule has 0 radical (unpaired) electrons. The molecule has 0 bridgehead atoms. The standard InChI is InChI=1S/C15H10BrFN4O2/c16-12-5-4-11(14(17)7-12)8-23-15(22)10-2-1-3-13(6-10)21-9-18-19-20-21/h1-7,9H,8H2. The Hall–Kier alpha value is -2.61. The first-order chi connectivity index (χ1) is 11.1. The normalized spacial score (nSPS) is 10.5. The molecule has 3 rings (SSSR count). The van der Waals surface area contributed by atoms with Gasteiger partial charge in [0.15, 0.2) is 0 Å². The first-order valence-corrected chi connectivity index (χ1v) is 7.37. The van der Waals surface area contributed by atoms with Gasteiger partial charge in [-0.25, -0.2) is 13.9 Å². The fourth-order valence-electron chi connectivity index (χ4n) is 1.92. The van der Waals surface area contributed by atoms with Crippen LogP contribution in [0.25, 0.3) is 5.69 Å². The van der Waals surface area contributed by atoms with Gasteiger partial charge in [-0.05, 0) is 40.8 Å². The molecule has 116 valence electrons. The van der Waals surface area contributed by atoms with E-state index in [1.54, 1.807) is 36.4 Å². The van der Waals surface area contributed by atoms with Crippen molar-refractivity contribution in [1.29, 1.82) is 0 Å². The number of rotatable bonds is 4. The van der Waals surface area contributed by atoms with Crippen LogP contribution in [0.2, 0.25) is 0 Å². The summed E-state index contributed by atoms with van der Waals surface area (Å²) < 4.78 is 20.9. The number of hydrogen-bond acceptors (Lipinski definition) is 5. The van der Waals surface area contributed by atoms with Gasteiger partial charge in [-0.2, -0.15) is 0 Å². The van der Waals surface area contributed by atoms with Crippen LogP contribution in [0.5, 0.6) is 0 Å². The number of aromatic nitrogens is 4. The van der Waals surface area contributed by atoms with Gasteiger partial charge in [0, 0.05) is 10.0 Å². The Balaban J connectivity index is 1.72. The van der Waals surface area contributed by atoms with Gasteiger partial charge in [-0.15, -0.1) is 5.10 Å². The van der Waals surface area contributed by atoms with Crippen molar-refractivity contribution < 1.29 is 13.9 Å². The van der Waals surface area contributed by atoms with Crippen LogP contribution < -0.4 is 0 Å². The monoisotopic (exact) mass is 376 g/mol. The predicted octanol–water partition coefficient (Wildman–Crippen LogP) is 2.92. The van der Waals surface area contributed by atoms with E-state index in [0.717, 1.165) is 0 Å². The van der Waals surface area contributed by atoms with Crippen molar-refractivity contribution in [2.75, 3.05) is 0 Å². The maximum Gasteiger partial charge on any atom is 0.338 e. The number of esters is 1. The van der Waals surface area contributed by atoms with Crippen molar-refractivity contribution in [3.05, 3.63) is 70.2 Å². The first-order valence-electron chi connectivity index (χ1n) is 6.58. The van der Waals surface area contributed by atoms with E-state index in [0.29, 0.717) is 21.3 Å². The molecule has 1 aromatic heterocycles. The van der Waals surface area contributed by atoms with Gasteiger partial charge in [0.05, 0.1) is 11.3 Å². The van der Waals surface area contributed by atoms with E-state index in [4.69, 9.17) is 4.74 Å². The van der Waals surface area contributed by atoms with Gasteiger partial charge in [-0.3, -0.25) is 0 Å². The van der Waals surface area contributed by atoms with Crippen molar-refractivity contribution in [2.45, 2.75) is 6.61 Å². The smallest absolute Gasteiger partial charge is 0.338 e. The van der Waals surface area contributed by atoms with Crippen LogP contribution >= 0.6 is 15.9 Å². The predicted molar refractivity (Wildman–Crippen MR) is 82.4 cm³/mol.